The fourth-order valence-corrected chi connectivity index (χ4v) is 1.91. The van der Waals surface area contributed by atoms with E-state index in [-0.39, 0.29) is 11.9 Å². The normalized spacial score (nSPS) is 12.5. The second kappa shape index (κ2) is 5.46. The minimum Gasteiger partial charge on any atom is -0.444 e. The van der Waals surface area contributed by atoms with Crippen molar-refractivity contribution in [1.29, 1.82) is 0 Å². The number of carbonyl (C=O) groups excluding carboxylic acids is 1. The van der Waals surface area contributed by atoms with Crippen molar-refractivity contribution in [2.45, 2.75) is 13.0 Å². The molecule has 14 heavy (non-hydrogen) atoms. The van der Waals surface area contributed by atoms with Gasteiger partial charge in [-0.15, -0.1) is 0 Å². The summed E-state index contributed by atoms with van der Waals surface area (Å²) < 4.78 is 5.69. The quantitative estimate of drug-likeness (QED) is 0.920. The second-order valence-electron chi connectivity index (χ2n) is 2.93. The molecule has 0 aliphatic heterocycles. The fraction of sp³-hybridized carbons (Fsp3) is 0.444. The number of nitrogens with one attached hydrogen (secondary N) is 1. The Morgan fingerprint density at radius 3 is 2.93 bits per heavy atom. The van der Waals surface area contributed by atoms with Crippen molar-refractivity contribution < 1.29 is 9.21 Å². The van der Waals surface area contributed by atoms with Crippen LogP contribution in [0.2, 0.25) is 0 Å². The summed E-state index contributed by atoms with van der Waals surface area (Å²) in [5, 5.41) is 2.84. The Bertz CT molecular complexity index is 314. The van der Waals surface area contributed by atoms with Crippen molar-refractivity contribution in [3.8, 4) is 0 Å². The Balaban J connectivity index is 2.50. The summed E-state index contributed by atoms with van der Waals surface area (Å²) in [5.74, 6) is 1.07. The average Bonchev–Trinajstić information content (AvgIpc) is 2.52. The second-order valence-corrected chi connectivity index (χ2v) is 4.63. The lowest BCUT2D eigenvalue weighted by molar-refractivity contribution is 0.0914. The topological polar surface area (TPSA) is 42.2 Å². The van der Waals surface area contributed by atoms with E-state index in [1.165, 1.54) is 0 Å². The van der Waals surface area contributed by atoms with E-state index in [0.29, 0.717) is 10.4 Å². The number of rotatable bonds is 4. The van der Waals surface area contributed by atoms with Crippen LogP contribution in [-0.2, 0) is 0 Å². The van der Waals surface area contributed by atoms with Crippen LogP contribution >= 0.6 is 27.7 Å². The standard InChI is InChI=1S/C9H12BrNO2S/c1-6(5-14-2)11-9(12)7-3-4-8(10)13-7/h3-4,6H,5H2,1-2H3,(H,11,12). The molecule has 5 heteroatoms. The molecule has 0 aliphatic carbocycles. The Morgan fingerprint density at radius 2 is 2.43 bits per heavy atom. The molecule has 0 aromatic carbocycles. The van der Waals surface area contributed by atoms with Crippen LogP contribution in [0, 0.1) is 0 Å². The van der Waals surface area contributed by atoms with Crippen LogP contribution in [0.25, 0.3) is 0 Å². The summed E-state index contributed by atoms with van der Waals surface area (Å²) in [7, 11) is 0. The summed E-state index contributed by atoms with van der Waals surface area (Å²) in [6.45, 7) is 1.96. The van der Waals surface area contributed by atoms with Crippen LogP contribution in [0.15, 0.2) is 21.2 Å². The van der Waals surface area contributed by atoms with Gasteiger partial charge in [-0.2, -0.15) is 11.8 Å². The Kier molecular flexibility index (Phi) is 4.54. The molecule has 1 N–H and O–H groups in total. The zero-order valence-corrected chi connectivity index (χ0v) is 10.4. The number of furan rings is 1. The number of hydrogen-bond acceptors (Lipinski definition) is 3. The van der Waals surface area contributed by atoms with Gasteiger partial charge >= 0.3 is 0 Å². The van der Waals surface area contributed by atoms with E-state index in [9.17, 15) is 4.79 Å². The van der Waals surface area contributed by atoms with E-state index in [0.717, 1.165) is 5.75 Å². The highest BCUT2D eigenvalue weighted by Crippen LogP contribution is 2.13. The molecule has 1 rings (SSSR count). The smallest absolute Gasteiger partial charge is 0.287 e. The van der Waals surface area contributed by atoms with E-state index in [1.54, 1.807) is 23.9 Å². The maximum absolute atomic E-state index is 11.5. The summed E-state index contributed by atoms with van der Waals surface area (Å²) in [4.78, 5) is 11.5. The van der Waals surface area contributed by atoms with Crippen molar-refractivity contribution in [2.75, 3.05) is 12.0 Å². The molecular formula is C9H12BrNO2S. The third-order valence-electron chi connectivity index (χ3n) is 1.59. The van der Waals surface area contributed by atoms with E-state index < -0.39 is 0 Å². The van der Waals surface area contributed by atoms with Gasteiger partial charge in [0, 0.05) is 11.8 Å². The predicted molar refractivity (Wildman–Crippen MR) is 61.7 cm³/mol. The first-order valence-corrected chi connectivity index (χ1v) is 6.37. The van der Waals surface area contributed by atoms with Gasteiger partial charge in [0.1, 0.15) is 0 Å². The maximum Gasteiger partial charge on any atom is 0.287 e. The third kappa shape index (κ3) is 3.38. The van der Waals surface area contributed by atoms with Gasteiger partial charge in [-0.3, -0.25) is 4.79 Å². The van der Waals surface area contributed by atoms with Crippen molar-refractivity contribution in [1.82, 2.24) is 5.32 Å². The van der Waals surface area contributed by atoms with Crippen molar-refractivity contribution in [2.24, 2.45) is 0 Å². The van der Waals surface area contributed by atoms with Gasteiger partial charge in [0.25, 0.3) is 5.91 Å². The largest absolute Gasteiger partial charge is 0.444 e. The van der Waals surface area contributed by atoms with Gasteiger partial charge in [0.2, 0.25) is 0 Å². The summed E-state index contributed by atoms with van der Waals surface area (Å²) in [6.07, 6.45) is 2.01. The molecule has 1 atom stereocenters. The number of hydrogen-bond donors (Lipinski definition) is 1. The van der Waals surface area contributed by atoms with Crippen LogP contribution in [0.5, 0.6) is 0 Å². The molecule has 1 amide bonds. The highest BCUT2D eigenvalue weighted by Gasteiger charge is 2.12. The molecule has 0 saturated heterocycles. The van der Waals surface area contributed by atoms with Crippen LogP contribution < -0.4 is 5.32 Å². The lowest BCUT2D eigenvalue weighted by Crippen LogP contribution is -2.33. The summed E-state index contributed by atoms with van der Waals surface area (Å²) in [5.41, 5.74) is 0. The highest BCUT2D eigenvalue weighted by atomic mass is 79.9. The molecule has 1 unspecified atom stereocenters. The molecule has 3 nitrogen and oxygen atoms in total. The molecule has 78 valence electrons. The lowest BCUT2D eigenvalue weighted by atomic mass is 10.3. The zero-order chi connectivity index (χ0) is 10.6. The number of halogens is 1. The van der Waals surface area contributed by atoms with Gasteiger partial charge in [-0.05, 0) is 41.2 Å². The molecule has 0 fully saturated rings. The predicted octanol–water partition coefficient (Wildman–Crippen LogP) is 2.52. The van der Waals surface area contributed by atoms with Crippen molar-refractivity contribution in [3.05, 3.63) is 22.6 Å². The first kappa shape index (κ1) is 11.7. The fourth-order valence-electron chi connectivity index (χ4n) is 1.02. The molecule has 1 heterocycles. The molecule has 1 aromatic heterocycles. The van der Waals surface area contributed by atoms with Gasteiger partial charge in [0.05, 0.1) is 0 Å². The molecule has 0 saturated carbocycles. The van der Waals surface area contributed by atoms with Gasteiger partial charge in [-0.1, -0.05) is 0 Å². The van der Waals surface area contributed by atoms with Crippen LogP contribution in [0.3, 0.4) is 0 Å². The molecule has 0 spiro atoms. The minimum atomic E-state index is -0.169. The van der Waals surface area contributed by atoms with E-state index >= 15 is 0 Å². The van der Waals surface area contributed by atoms with Gasteiger partial charge in [-0.25, -0.2) is 0 Å². The van der Waals surface area contributed by atoms with Crippen molar-refractivity contribution in [3.63, 3.8) is 0 Å². The monoisotopic (exact) mass is 277 g/mol. The Morgan fingerprint density at radius 1 is 1.71 bits per heavy atom. The molecular weight excluding hydrogens is 266 g/mol. The van der Waals surface area contributed by atoms with E-state index in [4.69, 9.17) is 4.42 Å². The van der Waals surface area contributed by atoms with Gasteiger partial charge < -0.3 is 9.73 Å². The molecule has 0 radical (unpaired) electrons. The first-order valence-electron chi connectivity index (χ1n) is 4.18. The highest BCUT2D eigenvalue weighted by molar-refractivity contribution is 9.10. The number of thioether (sulfide) groups is 1. The van der Waals surface area contributed by atoms with E-state index in [1.807, 2.05) is 13.2 Å². The average molecular weight is 278 g/mol. The summed E-state index contributed by atoms with van der Waals surface area (Å²) in [6, 6.07) is 3.50. The lowest BCUT2D eigenvalue weighted by Gasteiger charge is -2.10. The molecule has 1 aromatic rings. The van der Waals surface area contributed by atoms with Crippen LogP contribution in [0.1, 0.15) is 17.5 Å². The van der Waals surface area contributed by atoms with Gasteiger partial charge in [0.15, 0.2) is 10.4 Å². The molecule has 0 aliphatic rings. The first-order chi connectivity index (χ1) is 6.63. The minimum absolute atomic E-state index is 0.154. The van der Waals surface area contributed by atoms with Crippen molar-refractivity contribution >= 4 is 33.6 Å². The molecule has 0 bridgehead atoms. The van der Waals surface area contributed by atoms with E-state index in [2.05, 4.69) is 21.2 Å². The number of amides is 1. The third-order valence-corrected chi connectivity index (χ3v) is 2.85. The summed E-state index contributed by atoms with van der Waals surface area (Å²) >= 11 is 4.84. The van der Waals surface area contributed by atoms with Crippen LogP contribution in [-0.4, -0.2) is 24.0 Å². The maximum atomic E-state index is 11.5. The van der Waals surface area contributed by atoms with Crippen LogP contribution in [0.4, 0.5) is 0 Å². The Hall–Kier alpha value is -0.420. The number of carbonyl (C=O) groups is 1. The Labute approximate surface area is 95.8 Å². The zero-order valence-electron chi connectivity index (χ0n) is 8.04. The SMILES string of the molecule is CSCC(C)NC(=O)c1ccc(Br)o1.